The van der Waals surface area contributed by atoms with Gasteiger partial charge >= 0.3 is 0 Å². The maximum absolute atomic E-state index is 11.4. The van der Waals surface area contributed by atoms with Crippen LogP contribution in [0.25, 0.3) is 11.0 Å². The van der Waals surface area contributed by atoms with Crippen LogP contribution in [0.2, 0.25) is 5.02 Å². The van der Waals surface area contributed by atoms with Crippen molar-refractivity contribution in [3.63, 3.8) is 0 Å². The molecule has 10 heteroatoms. The molecule has 2 aromatic carbocycles. The maximum Gasteiger partial charge on any atom is 0.233 e. The number of hydrogen-bond donors (Lipinski definition) is 0. The Hall–Kier alpha value is -3.40. The van der Waals surface area contributed by atoms with Gasteiger partial charge in [0.15, 0.2) is 0 Å². The van der Waals surface area contributed by atoms with Crippen LogP contribution in [0.5, 0.6) is 5.88 Å². The maximum atomic E-state index is 11.4. The molecule has 2 aromatic heterocycles. The van der Waals surface area contributed by atoms with Crippen molar-refractivity contribution in [3.05, 3.63) is 76.7 Å². The number of carboxylic acid groups (broad SMARTS) is 1. The van der Waals surface area contributed by atoms with Crippen LogP contribution in [0.3, 0.4) is 0 Å². The summed E-state index contributed by atoms with van der Waals surface area (Å²) in [5, 5.41) is 16.8. The number of carboxylic acids is 1. The Morgan fingerprint density at radius 1 is 1.11 bits per heavy atom. The molecule has 6 rings (SSSR count). The molecule has 2 aliphatic rings. The standard InChI is InChI=1S/C28H30ClN5O4/c29-21-4-1-19(2-5-21)18-38-27-9-13-34(31-27)22-7-11-32(12-8-22)17-26-30-24-6-3-20(28(35)36)15-25(24)33(26)16-23-10-14-37-23/h1-6,9,13,15,22-23H,7-8,10-12,14,16-18H2,(H,35,36)/p-1/t23-/m0/s1. The molecule has 198 valence electrons. The fourth-order valence-corrected chi connectivity index (χ4v) is 5.26. The molecule has 0 radical (unpaired) electrons. The first-order valence-electron chi connectivity index (χ1n) is 13.0. The zero-order chi connectivity index (χ0) is 26.1. The average molecular weight is 535 g/mol. The Labute approximate surface area is 225 Å². The second-order valence-electron chi connectivity index (χ2n) is 9.97. The summed E-state index contributed by atoms with van der Waals surface area (Å²) in [5.74, 6) is 0.368. The van der Waals surface area contributed by atoms with E-state index >= 15 is 0 Å². The highest BCUT2D eigenvalue weighted by Crippen LogP contribution is 2.27. The zero-order valence-electron chi connectivity index (χ0n) is 21.0. The van der Waals surface area contributed by atoms with E-state index in [0.29, 0.717) is 36.6 Å². The minimum absolute atomic E-state index is 0.138. The summed E-state index contributed by atoms with van der Waals surface area (Å²) in [6, 6.07) is 14.8. The molecule has 0 bridgehead atoms. The molecule has 0 N–H and O–H groups in total. The van der Waals surface area contributed by atoms with Gasteiger partial charge in [-0.2, -0.15) is 0 Å². The van der Waals surface area contributed by atoms with Crippen molar-refractivity contribution < 1.29 is 19.4 Å². The van der Waals surface area contributed by atoms with Gasteiger partial charge in [-0.15, -0.1) is 5.10 Å². The Kier molecular flexibility index (Phi) is 7.06. The normalized spacial score (nSPS) is 18.5. The molecule has 0 spiro atoms. The number of fused-ring (bicyclic) bond motifs is 1. The predicted octanol–water partition coefficient (Wildman–Crippen LogP) is 3.45. The third kappa shape index (κ3) is 5.41. The van der Waals surface area contributed by atoms with Crippen molar-refractivity contribution in [1.29, 1.82) is 0 Å². The summed E-state index contributed by atoms with van der Waals surface area (Å²) in [4.78, 5) is 18.7. The smallest absolute Gasteiger partial charge is 0.233 e. The quantitative estimate of drug-likeness (QED) is 0.324. The molecule has 2 aliphatic heterocycles. The monoisotopic (exact) mass is 534 g/mol. The number of imidazole rings is 1. The molecule has 0 aliphatic carbocycles. The minimum Gasteiger partial charge on any atom is -0.545 e. The molecular weight excluding hydrogens is 506 g/mol. The Bertz CT molecular complexity index is 1420. The van der Waals surface area contributed by atoms with Crippen molar-refractivity contribution in [3.8, 4) is 5.88 Å². The van der Waals surface area contributed by atoms with Crippen LogP contribution in [-0.2, 0) is 24.4 Å². The number of rotatable bonds is 9. The van der Waals surface area contributed by atoms with Crippen LogP contribution in [0.1, 0.15) is 47.1 Å². The van der Waals surface area contributed by atoms with Crippen LogP contribution < -0.4 is 9.84 Å². The highest BCUT2D eigenvalue weighted by molar-refractivity contribution is 6.30. The van der Waals surface area contributed by atoms with Gasteiger partial charge in [0.2, 0.25) is 5.88 Å². The second-order valence-corrected chi connectivity index (χ2v) is 10.4. The number of carbonyl (C=O) groups excluding carboxylic acids is 1. The number of nitrogens with zero attached hydrogens (tertiary/aromatic N) is 5. The van der Waals surface area contributed by atoms with Gasteiger partial charge in [-0.25, -0.2) is 4.98 Å². The zero-order valence-corrected chi connectivity index (χ0v) is 21.7. The molecule has 0 amide bonds. The highest BCUT2D eigenvalue weighted by atomic mass is 35.5. The molecule has 1 atom stereocenters. The van der Waals surface area contributed by atoms with Gasteiger partial charge in [0.1, 0.15) is 12.4 Å². The van der Waals surface area contributed by atoms with Gasteiger partial charge in [-0.3, -0.25) is 9.58 Å². The summed E-state index contributed by atoms with van der Waals surface area (Å²) in [7, 11) is 0. The third-order valence-corrected chi connectivity index (χ3v) is 7.67. The van der Waals surface area contributed by atoms with Gasteiger partial charge < -0.3 is 23.9 Å². The number of likely N-dealkylation sites (tertiary alicyclic amines) is 1. The fourth-order valence-electron chi connectivity index (χ4n) is 5.14. The van der Waals surface area contributed by atoms with Crippen LogP contribution in [-0.4, -0.2) is 56.0 Å². The number of piperidine rings is 1. The van der Waals surface area contributed by atoms with E-state index in [9.17, 15) is 9.90 Å². The number of ether oxygens (including phenoxy) is 2. The topological polar surface area (TPSA) is 97.5 Å². The van der Waals surface area contributed by atoms with Crippen molar-refractivity contribution in [2.75, 3.05) is 19.7 Å². The van der Waals surface area contributed by atoms with Crippen molar-refractivity contribution >= 4 is 28.6 Å². The van der Waals surface area contributed by atoms with E-state index < -0.39 is 5.97 Å². The lowest BCUT2D eigenvalue weighted by molar-refractivity contribution is -0.255. The van der Waals surface area contributed by atoms with E-state index in [4.69, 9.17) is 26.1 Å². The average Bonchev–Trinajstić information content (AvgIpc) is 3.50. The molecular formula is C28H29ClN5O4-. The number of benzene rings is 2. The second kappa shape index (κ2) is 10.8. The van der Waals surface area contributed by atoms with Crippen molar-refractivity contribution in [2.45, 2.75) is 51.1 Å². The number of aromatic carboxylic acids is 1. The molecule has 4 heterocycles. The fraction of sp³-hybridized carbons (Fsp3) is 0.393. The van der Waals surface area contributed by atoms with Crippen LogP contribution in [0.4, 0.5) is 0 Å². The first-order valence-corrected chi connectivity index (χ1v) is 13.4. The van der Waals surface area contributed by atoms with Gasteiger partial charge in [0.25, 0.3) is 0 Å². The van der Waals surface area contributed by atoms with Crippen LogP contribution >= 0.6 is 11.6 Å². The van der Waals surface area contributed by atoms with Gasteiger partial charge in [0.05, 0.1) is 42.2 Å². The molecule has 4 aromatic rings. The van der Waals surface area contributed by atoms with E-state index in [1.165, 1.54) is 0 Å². The highest BCUT2D eigenvalue weighted by Gasteiger charge is 2.25. The van der Waals surface area contributed by atoms with E-state index in [-0.39, 0.29) is 11.7 Å². The largest absolute Gasteiger partial charge is 0.545 e. The van der Waals surface area contributed by atoms with E-state index in [1.54, 1.807) is 18.2 Å². The molecule has 9 nitrogen and oxygen atoms in total. The lowest BCUT2D eigenvalue weighted by Gasteiger charge is -2.32. The van der Waals surface area contributed by atoms with E-state index in [2.05, 4.69) is 14.6 Å². The van der Waals surface area contributed by atoms with Gasteiger partial charge in [-0.1, -0.05) is 29.8 Å². The Balaban J connectivity index is 1.09. The Morgan fingerprint density at radius 2 is 1.89 bits per heavy atom. The lowest BCUT2D eigenvalue weighted by atomic mass is 10.1. The molecule has 38 heavy (non-hydrogen) atoms. The Morgan fingerprint density at radius 3 is 2.61 bits per heavy atom. The van der Waals surface area contributed by atoms with E-state index in [0.717, 1.165) is 61.4 Å². The first-order chi connectivity index (χ1) is 18.5. The summed E-state index contributed by atoms with van der Waals surface area (Å²) >= 11 is 5.95. The van der Waals surface area contributed by atoms with Gasteiger partial charge in [0, 0.05) is 37.0 Å². The molecule has 0 unspecified atom stereocenters. The SMILES string of the molecule is O=C([O-])c1ccc2nc(CN3CCC(n4ccc(OCc5ccc(Cl)cc5)n4)CC3)n(C[C@@H]3CCO3)c2c1. The van der Waals surface area contributed by atoms with Crippen LogP contribution in [0, 0.1) is 0 Å². The summed E-state index contributed by atoms with van der Waals surface area (Å²) in [5.41, 5.74) is 2.82. The lowest BCUT2D eigenvalue weighted by Crippen LogP contribution is -2.36. The number of hydrogen-bond acceptors (Lipinski definition) is 7. The minimum atomic E-state index is -1.18. The van der Waals surface area contributed by atoms with Crippen molar-refractivity contribution in [1.82, 2.24) is 24.2 Å². The van der Waals surface area contributed by atoms with Crippen LogP contribution in [0.15, 0.2) is 54.7 Å². The number of aromatic nitrogens is 4. The van der Waals surface area contributed by atoms with E-state index in [1.807, 2.05) is 41.2 Å². The number of carbonyl (C=O) groups is 1. The first kappa shape index (κ1) is 24.9. The molecule has 2 fully saturated rings. The molecule has 2 saturated heterocycles. The van der Waals surface area contributed by atoms with Crippen molar-refractivity contribution in [2.24, 2.45) is 0 Å². The predicted molar refractivity (Wildman–Crippen MR) is 140 cm³/mol. The summed E-state index contributed by atoms with van der Waals surface area (Å²) in [6.07, 6.45) is 5.07. The van der Waals surface area contributed by atoms with Gasteiger partial charge in [-0.05, 0) is 54.7 Å². The summed E-state index contributed by atoms with van der Waals surface area (Å²) < 4.78 is 15.7. The molecule has 0 saturated carbocycles. The summed E-state index contributed by atoms with van der Waals surface area (Å²) in [6.45, 7) is 4.42. The third-order valence-electron chi connectivity index (χ3n) is 7.42. The number of halogens is 1.